The fraction of sp³-hybridized carbons (Fsp3) is 0.333. The van der Waals surface area contributed by atoms with E-state index in [1.165, 1.54) is 5.56 Å². The summed E-state index contributed by atoms with van der Waals surface area (Å²) in [7, 11) is -1.79. The first-order valence-corrected chi connectivity index (χ1v) is 15.6. The Hall–Kier alpha value is -2.69. The maximum absolute atomic E-state index is 12.1. The molecule has 0 amide bonds. The summed E-state index contributed by atoms with van der Waals surface area (Å²) in [6, 6.07) is 7.45. The number of nitrogens with one attached hydrogen (secondary N) is 2. The van der Waals surface area contributed by atoms with E-state index in [4.69, 9.17) is 4.74 Å². The summed E-state index contributed by atoms with van der Waals surface area (Å²) >= 11 is 0. The van der Waals surface area contributed by atoms with Gasteiger partial charge in [-0.1, -0.05) is 31.8 Å². The number of benzene rings is 1. The Labute approximate surface area is 183 Å². The number of hydrogen-bond donors (Lipinski definition) is 3. The Kier molecular flexibility index (Phi) is 5.07. The van der Waals surface area contributed by atoms with Gasteiger partial charge in [-0.25, -0.2) is 14.8 Å². The van der Waals surface area contributed by atoms with Gasteiger partial charge in [-0.05, 0) is 17.7 Å². The minimum Gasteiger partial charge on any atom is -0.360 e. The van der Waals surface area contributed by atoms with Crippen LogP contribution >= 0.6 is 10.9 Å². The van der Waals surface area contributed by atoms with Crippen LogP contribution in [0.15, 0.2) is 45.3 Å². The smallest absolute Gasteiger partial charge is 0.288 e. The number of aromatic nitrogens is 5. The molecule has 10 heteroatoms. The third kappa shape index (κ3) is 3.86. The molecule has 4 aromatic rings. The SMILES string of the molecule is C[Si](C)(C)CCOCn1ncc2c(C[SH]3C=Nc4[nH]c5c(=O)[nH]ncc5c43)cccc21. The van der Waals surface area contributed by atoms with Gasteiger partial charge >= 0.3 is 0 Å². The molecule has 1 aromatic carbocycles. The van der Waals surface area contributed by atoms with Gasteiger partial charge in [-0.3, -0.25) is 4.79 Å². The van der Waals surface area contributed by atoms with Gasteiger partial charge in [-0.15, -0.1) is 0 Å². The maximum Gasteiger partial charge on any atom is 0.288 e. The van der Waals surface area contributed by atoms with Crippen LogP contribution in [0.5, 0.6) is 0 Å². The van der Waals surface area contributed by atoms with Crippen molar-refractivity contribution in [3.63, 3.8) is 0 Å². The highest BCUT2D eigenvalue weighted by molar-refractivity contribution is 8.28. The molecule has 3 aromatic heterocycles. The zero-order valence-corrected chi connectivity index (χ0v) is 19.7. The predicted molar refractivity (Wildman–Crippen MR) is 130 cm³/mol. The Morgan fingerprint density at radius 2 is 2.06 bits per heavy atom. The van der Waals surface area contributed by atoms with Crippen LogP contribution in [-0.4, -0.2) is 45.2 Å². The van der Waals surface area contributed by atoms with Crippen LogP contribution in [0.25, 0.3) is 21.8 Å². The number of fused-ring (bicyclic) bond motifs is 4. The second kappa shape index (κ2) is 7.77. The van der Waals surface area contributed by atoms with E-state index in [0.717, 1.165) is 45.4 Å². The van der Waals surface area contributed by atoms with Gasteiger partial charge in [0.25, 0.3) is 5.56 Å². The van der Waals surface area contributed by atoms with Gasteiger partial charge in [0.2, 0.25) is 0 Å². The second-order valence-corrected chi connectivity index (χ2v) is 16.6. The summed E-state index contributed by atoms with van der Waals surface area (Å²) in [6.07, 6.45) is 3.64. The maximum atomic E-state index is 12.1. The molecule has 1 unspecified atom stereocenters. The Morgan fingerprint density at radius 3 is 2.90 bits per heavy atom. The molecule has 5 rings (SSSR count). The molecular weight excluding hydrogens is 428 g/mol. The van der Waals surface area contributed by atoms with E-state index in [1.807, 2.05) is 16.4 Å². The minimum absolute atomic E-state index is 0.213. The van der Waals surface area contributed by atoms with Gasteiger partial charge in [0, 0.05) is 41.6 Å². The summed E-state index contributed by atoms with van der Waals surface area (Å²) in [5.74, 6) is 1.61. The lowest BCUT2D eigenvalue weighted by molar-refractivity contribution is 0.0817. The molecule has 2 N–H and O–H groups in total. The van der Waals surface area contributed by atoms with Crippen molar-refractivity contribution in [1.82, 2.24) is 25.0 Å². The lowest BCUT2D eigenvalue weighted by Crippen LogP contribution is -2.22. The first kappa shape index (κ1) is 20.2. The molecule has 0 saturated carbocycles. The second-order valence-electron chi connectivity index (χ2n) is 9.02. The van der Waals surface area contributed by atoms with Crippen molar-refractivity contribution in [2.75, 3.05) is 6.61 Å². The first-order valence-electron chi connectivity index (χ1n) is 10.3. The van der Waals surface area contributed by atoms with Crippen LogP contribution in [0.3, 0.4) is 0 Å². The van der Waals surface area contributed by atoms with Gasteiger partial charge in [0.15, 0.2) is 0 Å². The van der Waals surface area contributed by atoms with Crippen molar-refractivity contribution < 1.29 is 4.74 Å². The van der Waals surface area contributed by atoms with Gasteiger partial charge in [0.05, 0.1) is 17.9 Å². The van der Waals surface area contributed by atoms with E-state index in [2.05, 4.69) is 63.1 Å². The summed E-state index contributed by atoms with van der Waals surface area (Å²) in [5.41, 5.74) is 4.65. The van der Waals surface area contributed by atoms with E-state index in [0.29, 0.717) is 12.2 Å². The van der Waals surface area contributed by atoms with Crippen LogP contribution in [0, 0.1) is 0 Å². The quantitative estimate of drug-likeness (QED) is 0.222. The Balaban J connectivity index is 1.39. The largest absolute Gasteiger partial charge is 0.360 e. The lowest BCUT2D eigenvalue weighted by atomic mass is 10.1. The van der Waals surface area contributed by atoms with Crippen molar-refractivity contribution in [3.8, 4) is 0 Å². The molecule has 1 atom stereocenters. The van der Waals surface area contributed by atoms with Crippen molar-refractivity contribution in [1.29, 1.82) is 0 Å². The molecular formula is C21H26N6O2SSi. The van der Waals surface area contributed by atoms with E-state index in [1.54, 1.807) is 6.20 Å². The molecule has 1 aliphatic heterocycles. The minimum atomic E-state index is -1.10. The van der Waals surface area contributed by atoms with Crippen molar-refractivity contribution in [3.05, 3.63) is 46.5 Å². The normalized spacial score (nSPS) is 17.1. The van der Waals surface area contributed by atoms with E-state index in [9.17, 15) is 4.79 Å². The molecule has 8 nitrogen and oxygen atoms in total. The highest BCUT2D eigenvalue weighted by Crippen LogP contribution is 2.51. The Morgan fingerprint density at radius 1 is 1.19 bits per heavy atom. The third-order valence-electron chi connectivity index (χ3n) is 5.52. The molecule has 31 heavy (non-hydrogen) atoms. The summed E-state index contributed by atoms with van der Waals surface area (Å²) in [5, 5.41) is 13.0. The number of rotatable bonds is 7. The summed E-state index contributed by atoms with van der Waals surface area (Å²) in [4.78, 5) is 20.9. The fourth-order valence-corrected chi connectivity index (χ4v) is 6.69. The molecule has 4 heterocycles. The first-order chi connectivity index (χ1) is 14.9. The number of ether oxygens (including phenoxy) is 1. The third-order valence-corrected chi connectivity index (χ3v) is 9.33. The summed E-state index contributed by atoms with van der Waals surface area (Å²) < 4.78 is 7.84. The van der Waals surface area contributed by atoms with Gasteiger partial charge in [-0.2, -0.15) is 21.1 Å². The van der Waals surface area contributed by atoms with Crippen LogP contribution in [0.2, 0.25) is 25.7 Å². The van der Waals surface area contributed by atoms with Crippen molar-refractivity contribution >= 4 is 52.1 Å². The van der Waals surface area contributed by atoms with E-state index >= 15 is 0 Å². The van der Waals surface area contributed by atoms with Crippen molar-refractivity contribution in [2.45, 2.75) is 43.1 Å². The Bertz CT molecular complexity index is 1350. The van der Waals surface area contributed by atoms with Crippen LogP contribution in [0.4, 0.5) is 5.82 Å². The molecule has 162 valence electrons. The van der Waals surface area contributed by atoms with Crippen LogP contribution in [-0.2, 0) is 17.2 Å². The molecule has 0 spiro atoms. The predicted octanol–water partition coefficient (Wildman–Crippen LogP) is 4.15. The highest BCUT2D eigenvalue weighted by atomic mass is 32.2. The van der Waals surface area contributed by atoms with Crippen molar-refractivity contribution in [2.24, 2.45) is 4.99 Å². The number of H-pyrrole nitrogens is 2. The average Bonchev–Trinajstić information content (AvgIpc) is 3.40. The van der Waals surface area contributed by atoms with Crippen LogP contribution in [0.1, 0.15) is 5.56 Å². The van der Waals surface area contributed by atoms with E-state index in [-0.39, 0.29) is 5.56 Å². The van der Waals surface area contributed by atoms with Crippen LogP contribution < -0.4 is 5.56 Å². The number of hydrogen-bond acceptors (Lipinski definition) is 5. The topological polar surface area (TPSA) is 101 Å². The monoisotopic (exact) mass is 454 g/mol. The number of thiol groups is 1. The highest BCUT2D eigenvalue weighted by Gasteiger charge is 2.24. The zero-order valence-electron chi connectivity index (χ0n) is 17.8. The lowest BCUT2D eigenvalue weighted by Gasteiger charge is -2.15. The molecule has 0 aliphatic carbocycles. The number of aromatic amines is 2. The fourth-order valence-electron chi connectivity index (χ4n) is 3.81. The van der Waals surface area contributed by atoms with Gasteiger partial charge in [0.1, 0.15) is 18.1 Å². The zero-order chi connectivity index (χ0) is 21.6. The summed E-state index contributed by atoms with van der Waals surface area (Å²) in [6.45, 7) is 8.30. The number of aliphatic imine (C=N–C) groups is 1. The molecule has 0 radical (unpaired) electrons. The standard InChI is InChI=1S/C21H26N6O2SSi/c1-31(2,3)8-7-29-13-27-17-6-4-5-14(15(17)10-24-27)11-30-12-22-20-19(30)16-9-23-26-21(28)18(16)25-20/h4-6,9-10,12,25,30H,7-8,11,13H2,1-3H3,(H,26,28). The molecule has 0 fully saturated rings. The molecule has 0 saturated heterocycles. The molecule has 1 aliphatic rings. The van der Waals surface area contributed by atoms with Gasteiger partial charge < -0.3 is 9.72 Å². The molecule has 0 bridgehead atoms. The van der Waals surface area contributed by atoms with E-state index < -0.39 is 19.0 Å². The number of nitrogens with zero attached hydrogens (tertiary/aromatic N) is 4. The average molecular weight is 455 g/mol.